The molecule has 1 aliphatic heterocycles. The van der Waals surface area contributed by atoms with Crippen LogP contribution in [0, 0.1) is 5.92 Å². The quantitative estimate of drug-likeness (QED) is 0.853. The van der Waals surface area contributed by atoms with Gasteiger partial charge in [-0.3, -0.25) is 4.98 Å². The highest BCUT2D eigenvalue weighted by Crippen LogP contribution is 2.32. The van der Waals surface area contributed by atoms with Crippen molar-refractivity contribution in [3.05, 3.63) is 30.1 Å². The first-order valence-corrected chi connectivity index (χ1v) is 7.29. The largest absolute Gasteiger partial charge is 0.314 e. The Labute approximate surface area is 109 Å². The molecule has 0 spiro atoms. The summed E-state index contributed by atoms with van der Waals surface area (Å²) in [7, 11) is 0. The number of hydrogen-bond donors (Lipinski definition) is 2. The smallest absolute Gasteiger partial charge is 0.0271 e. The van der Waals surface area contributed by atoms with E-state index in [2.05, 4.69) is 27.8 Å². The predicted molar refractivity (Wildman–Crippen MR) is 73.2 cm³/mol. The Hall–Kier alpha value is -0.930. The summed E-state index contributed by atoms with van der Waals surface area (Å²) in [6.07, 6.45) is 10.6. The molecule has 0 radical (unpaired) electrons. The van der Waals surface area contributed by atoms with Crippen molar-refractivity contribution in [2.75, 3.05) is 6.54 Å². The first-order chi connectivity index (χ1) is 8.93. The number of nitrogens with zero attached hydrogens (tertiary/aromatic N) is 1. The van der Waals surface area contributed by atoms with Gasteiger partial charge >= 0.3 is 0 Å². The number of aromatic nitrogens is 1. The van der Waals surface area contributed by atoms with Crippen LogP contribution in [0.5, 0.6) is 0 Å². The van der Waals surface area contributed by atoms with Gasteiger partial charge in [0.25, 0.3) is 0 Å². The minimum atomic E-state index is 0.703. The Morgan fingerprint density at radius 2 is 2.06 bits per heavy atom. The zero-order valence-corrected chi connectivity index (χ0v) is 10.9. The highest BCUT2D eigenvalue weighted by molar-refractivity contribution is 5.09. The molecule has 2 fully saturated rings. The van der Waals surface area contributed by atoms with E-state index >= 15 is 0 Å². The van der Waals surface area contributed by atoms with Crippen molar-refractivity contribution in [1.29, 1.82) is 0 Å². The SMILES string of the molecule is c1cc(CNC2CCCC2C2CCCN2)ccn1. The van der Waals surface area contributed by atoms with Gasteiger partial charge in [0.1, 0.15) is 0 Å². The molecule has 1 saturated carbocycles. The van der Waals surface area contributed by atoms with Crippen LogP contribution >= 0.6 is 0 Å². The monoisotopic (exact) mass is 245 g/mol. The molecule has 98 valence electrons. The Morgan fingerprint density at radius 3 is 2.83 bits per heavy atom. The molecule has 2 aliphatic rings. The fourth-order valence-electron chi connectivity index (χ4n) is 3.55. The first kappa shape index (κ1) is 12.1. The average Bonchev–Trinajstić information content (AvgIpc) is 3.08. The van der Waals surface area contributed by atoms with E-state index in [4.69, 9.17) is 0 Å². The van der Waals surface area contributed by atoms with Crippen LogP contribution in [0.1, 0.15) is 37.7 Å². The van der Waals surface area contributed by atoms with E-state index in [0.717, 1.165) is 18.5 Å². The van der Waals surface area contributed by atoms with Crippen LogP contribution in [0.25, 0.3) is 0 Å². The lowest BCUT2D eigenvalue weighted by molar-refractivity contribution is 0.320. The first-order valence-electron chi connectivity index (χ1n) is 7.29. The van der Waals surface area contributed by atoms with Gasteiger partial charge in [-0.05, 0) is 55.8 Å². The van der Waals surface area contributed by atoms with Gasteiger partial charge in [0.05, 0.1) is 0 Å². The molecule has 3 unspecified atom stereocenters. The maximum atomic E-state index is 4.07. The van der Waals surface area contributed by atoms with E-state index in [-0.39, 0.29) is 0 Å². The van der Waals surface area contributed by atoms with Crippen molar-refractivity contribution < 1.29 is 0 Å². The minimum Gasteiger partial charge on any atom is -0.314 e. The number of nitrogens with one attached hydrogen (secondary N) is 2. The van der Waals surface area contributed by atoms with E-state index in [1.54, 1.807) is 0 Å². The van der Waals surface area contributed by atoms with Crippen molar-refractivity contribution in [3.63, 3.8) is 0 Å². The summed E-state index contributed by atoms with van der Waals surface area (Å²) in [5.41, 5.74) is 1.34. The Bertz CT molecular complexity index is 359. The van der Waals surface area contributed by atoms with Gasteiger partial charge in [0, 0.05) is 31.0 Å². The van der Waals surface area contributed by atoms with Gasteiger partial charge in [0.15, 0.2) is 0 Å². The van der Waals surface area contributed by atoms with Crippen LogP contribution in [0.2, 0.25) is 0 Å². The minimum absolute atomic E-state index is 0.703. The number of rotatable bonds is 4. The lowest BCUT2D eigenvalue weighted by Gasteiger charge is -2.26. The van der Waals surface area contributed by atoms with Crippen LogP contribution in [-0.4, -0.2) is 23.6 Å². The normalized spacial score (nSPS) is 31.9. The maximum Gasteiger partial charge on any atom is 0.0271 e. The van der Waals surface area contributed by atoms with Gasteiger partial charge in [0.2, 0.25) is 0 Å². The molecule has 3 atom stereocenters. The molecule has 2 heterocycles. The lowest BCUT2D eigenvalue weighted by Crippen LogP contribution is -2.41. The second-order valence-electron chi connectivity index (χ2n) is 5.64. The molecule has 1 saturated heterocycles. The average molecular weight is 245 g/mol. The van der Waals surface area contributed by atoms with E-state index in [9.17, 15) is 0 Å². The predicted octanol–water partition coefficient (Wildman–Crippen LogP) is 2.09. The van der Waals surface area contributed by atoms with Crippen LogP contribution < -0.4 is 10.6 Å². The molecule has 3 heteroatoms. The lowest BCUT2D eigenvalue weighted by atomic mass is 9.93. The Balaban J connectivity index is 1.55. The Morgan fingerprint density at radius 1 is 1.17 bits per heavy atom. The van der Waals surface area contributed by atoms with Crippen molar-refractivity contribution in [3.8, 4) is 0 Å². The summed E-state index contributed by atoms with van der Waals surface area (Å²) in [5, 5.41) is 7.43. The summed E-state index contributed by atoms with van der Waals surface area (Å²) < 4.78 is 0. The van der Waals surface area contributed by atoms with Crippen molar-refractivity contribution in [1.82, 2.24) is 15.6 Å². The van der Waals surface area contributed by atoms with Gasteiger partial charge in [-0.2, -0.15) is 0 Å². The molecule has 3 rings (SSSR count). The molecule has 0 aromatic carbocycles. The molecule has 0 amide bonds. The van der Waals surface area contributed by atoms with Crippen molar-refractivity contribution >= 4 is 0 Å². The van der Waals surface area contributed by atoms with Gasteiger partial charge < -0.3 is 10.6 Å². The van der Waals surface area contributed by atoms with Crippen molar-refractivity contribution in [2.45, 2.75) is 50.7 Å². The number of hydrogen-bond acceptors (Lipinski definition) is 3. The second kappa shape index (κ2) is 5.81. The third kappa shape index (κ3) is 2.73. The molecule has 0 bridgehead atoms. The zero-order valence-electron chi connectivity index (χ0n) is 10.9. The fraction of sp³-hybridized carbons (Fsp3) is 0.667. The van der Waals surface area contributed by atoms with Gasteiger partial charge in [-0.1, -0.05) is 6.42 Å². The molecule has 1 aromatic rings. The summed E-state index contributed by atoms with van der Waals surface area (Å²) in [4.78, 5) is 4.07. The standard InChI is InChI=1S/C15H23N3/c1-3-13(14-5-2-8-17-14)15(4-1)18-11-12-6-9-16-10-7-12/h6-7,9-10,13-15,17-18H,1-5,8,11H2. The van der Waals surface area contributed by atoms with Crippen LogP contribution in [0.15, 0.2) is 24.5 Å². The highest BCUT2D eigenvalue weighted by Gasteiger charge is 2.34. The fourth-order valence-corrected chi connectivity index (χ4v) is 3.55. The maximum absolute atomic E-state index is 4.07. The molecule has 3 nitrogen and oxygen atoms in total. The third-order valence-electron chi connectivity index (χ3n) is 4.50. The summed E-state index contributed by atoms with van der Waals surface area (Å²) in [6.45, 7) is 2.20. The van der Waals surface area contributed by atoms with E-state index in [1.807, 2.05) is 12.4 Å². The molecular formula is C15H23N3. The topological polar surface area (TPSA) is 37.0 Å². The molecule has 1 aromatic heterocycles. The van der Waals surface area contributed by atoms with Crippen LogP contribution in [-0.2, 0) is 6.54 Å². The number of pyridine rings is 1. The summed E-state index contributed by atoms with van der Waals surface area (Å²) in [6, 6.07) is 5.67. The molecule has 1 aliphatic carbocycles. The second-order valence-corrected chi connectivity index (χ2v) is 5.64. The zero-order chi connectivity index (χ0) is 12.2. The molecule has 18 heavy (non-hydrogen) atoms. The Kier molecular flexibility index (Phi) is 3.91. The summed E-state index contributed by atoms with van der Waals surface area (Å²) >= 11 is 0. The summed E-state index contributed by atoms with van der Waals surface area (Å²) in [5.74, 6) is 0.842. The van der Waals surface area contributed by atoms with Crippen molar-refractivity contribution in [2.24, 2.45) is 5.92 Å². The highest BCUT2D eigenvalue weighted by atomic mass is 15.0. The molecular weight excluding hydrogens is 222 g/mol. The van der Waals surface area contributed by atoms with E-state index < -0.39 is 0 Å². The van der Waals surface area contributed by atoms with Crippen LogP contribution in [0.3, 0.4) is 0 Å². The van der Waals surface area contributed by atoms with Gasteiger partial charge in [-0.25, -0.2) is 0 Å². The van der Waals surface area contributed by atoms with Gasteiger partial charge in [-0.15, -0.1) is 0 Å². The van der Waals surface area contributed by atoms with E-state index in [0.29, 0.717) is 6.04 Å². The van der Waals surface area contributed by atoms with Crippen LogP contribution in [0.4, 0.5) is 0 Å². The third-order valence-corrected chi connectivity index (χ3v) is 4.50. The molecule has 2 N–H and O–H groups in total. The van der Waals surface area contributed by atoms with E-state index in [1.165, 1.54) is 44.2 Å².